The van der Waals surface area contributed by atoms with Crippen molar-refractivity contribution in [1.29, 1.82) is 0 Å². The van der Waals surface area contributed by atoms with E-state index in [1.54, 1.807) is 0 Å². The van der Waals surface area contributed by atoms with E-state index in [0.717, 1.165) is 33.6 Å². The fraction of sp³-hybridized carbons (Fsp3) is 0.294. The van der Waals surface area contributed by atoms with Gasteiger partial charge >= 0.3 is 0 Å². The van der Waals surface area contributed by atoms with Crippen molar-refractivity contribution >= 4 is 15.9 Å². The summed E-state index contributed by atoms with van der Waals surface area (Å²) in [6.45, 7) is 5.10. The van der Waals surface area contributed by atoms with E-state index in [2.05, 4.69) is 41.2 Å². The molecule has 0 aromatic heterocycles. The molecule has 2 N–H and O–H groups in total. The zero-order chi connectivity index (χ0) is 15.2. The summed E-state index contributed by atoms with van der Waals surface area (Å²) in [6.07, 6.45) is 0. The Bertz CT molecular complexity index is 601. The van der Waals surface area contributed by atoms with Gasteiger partial charge in [0.05, 0.1) is 6.61 Å². The van der Waals surface area contributed by atoms with Gasteiger partial charge in [-0.1, -0.05) is 35.0 Å². The van der Waals surface area contributed by atoms with Gasteiger partial charge in [0.15, 0.2) is 0 Å². The lowest BCUT2D eigenvalue weighted by atomic mass is 10.1. The average Bonchev–Trinajstić information content (AvgIpc) is 2.49. The summed E-state index contributed by atoms with van der Waals surface area (Å²) in [5, 5.41) is 12.6. The minimum absolute atomic E-state index is 0.0121. The first kappa shape index (κ1) is 16.0. The molecule has 0 fully saturated rings. The first-order valence-corrected chi connectivity index (χ1v) is 7.83. The topological polar surface area (TPSA) is 41.5 Å². The van der Waals surface area contributed by atoms with Crippen molar-refractivity contribution in [2.75, 3.05) is 6.54 Å². The molecular weight excluding hydrogens is 330 g/mol. The van der Waals surface area contributed by atoms with Gasteiger partial charge in [-0.15, -0.1) is 0 Å². The zero-order valence-electron chi connectivity index (χ0n) is 12.3. The quantitative estimate of drug-likeness (QED) is 0.811. The first-order chi connectivity index (χ1) is 10.1. The largest absolute Gasteiger partial charge is 0.457 e. The molecule has 0 saturated heterocycles. The van der Waals surface area contributed by atoms with Crippen molar-refractivity contribution in [3.05, 3.63) is 58.1 Å². The van der Waals surface area contributed by atoms with Crippen LogP contribution < -0.4 is 10.1 Å². The third-order valence-corrected chi connectivity index (χ3v) is 3.75. The van der Waals surface area contributed by atoms with Crippen LogP contribution in [0.3, 0.4) is 0 Å². The number of benzene rings is 2. The molecule has 21 heavy (non-hydrogen) atoms. The Kier molecular flexibility index (Phi) is 5.79. The molecule has 0 aliphatic rings. The number of hydrogen-bond acceptors (Lipinski definition) is 3. The number of halogens is 1. The van der Waals surface area contributed by atoms with Crippen LogP contribution in [0.4, 0.5) is 0 Å². The lowest BCUT2D eigenvalue weighted by Gasteiger charge is -2.18. The lowest BCUT2D eigenvalue weighted by molar-refractivity contribution is 0.281. The first-order valence-electron chi connectivity index (χ1n) is 7.04. The molecule has 2 aromatic rings. The molecule has 0 radical (unpaired) electrons. The summed E-state index contributed by atoms with van der Waals surface area (Å²) < 4.78 is 7.03. The van der Waals surface area contributed by atoms with E-state index >= 15 is 0 Å². The third-order valence-electron chi connectivity index (χ3n) is 3.26. The molecular formula is C17H20BrNO2. The summed E-state index contributed by atoms with van der Waals surface area (Å²) in [5.74, 6) is 1.55. The average molecular weight is 350 g/mol. The molecule has 0 bridgehead atoms. The molecule has 2 rings (SSSR count). The van der Waals surface area contributed by atoms with Crippen molar-refractivity contribution in [3.63, 3.8) is 0 Å². The van der Waals surface area contributed by atoms with E-state index in [-0.39, 0.29) is 12.6 Å². The predicted molar refractivity (Wildman–Crippen MR) is 88.7 cm³/mol. The van der Waals surface area contributed by atoms with Crippen LogP contribution in [0.15, 0.2) is 46.9 Å². The summed E-state index contributed by atoms with van der Waals surface area (Å²) in [4.78, 5) is 0. The number of nitrogens with one attached hydrogen (secondary N) is 1. The molecule has 0 saturated carbocycles. The molecule has 0 aliphatic carbocycles. The van der Waals surface area contributed by atoms with Gasteiger partial charge in [-0.05, 0) is 49.4 Å². The van der Waals surface area contributed by atoms with Crippen molar-refractivity contribution in [2.45, 2.75) is 26.5 Å². The minimum atomic E-state index is 0.0121. The van der Waals surface area contributed by atoms with E-state index in [0.29, 0.717) is 0 Å². The minimum Gasteiger partial charge on any atom is -0.457 e. The van der Waals surface area contributed by atoms with Crippen LogP contribution >= 0.6 is 15.9 Å². The van der Waals surface area contributed by atoms with Gasteiger partial charge < -0.3 is 15.2 Å². The molecule has 0 spiro atoms. The van der Waals surface area contributed by atoms with Crippen molar-refractivity contribution in [3.8, 4) is 11.5 Å². The maximum absolute atomic E-state index is 9.21. The van der Waals surface area contributed by atoms with Gasteiger partial charge in [0.2, 0.25) is 0 Å². The van der Waals surface area contributed by atoms with Crippen LogP contribution in [0.1, 0.15) is 31.0 Å². The maximum Gasteiger partial charge on any atom is 0.132 e. The molecule has 4 heteroatoms. The number of hydrogen-bond donors (Lipinski definition) is 2. The Morgan fingerprint density at radius 1 is 1.24 bits per heavy atom. The highest BCUT2D eigenvalue weighted by Gasteiger charge is 2.12. The highest BCUT2D eigenvalue weighted by atomic mass is 79.9. The summed E-state index contributed by atoms with van der Waals surface area (Å²) in [7, 11) is 0. The van der Waals surface area contributed by atoms with Crippen LogP contribution in [-0.2, 0) is 6.61 Å². The fourth-order valence-electron chi connectivity index (χ4n) is 2.20. The Balaban J connectivity index is 2.30. The zero-order valence-corrected chi connectivity index (χ0v) is 13.9. The number of ether oxygens (including phenoxy) is 1. The van der Waals surface area contributed by atoms with Gasteiger partial charge in [0.1, 0.15) is 11.5 Å². The van der Waals surface area contributed by atoms with Crippen LogP contribution in [0.2, 0.25) is 0 Å². The van der Waals surface area contributed by atoms with E-state index in [4.69, 9.17) is 4.74 Å². The van der Waals surface area contributed by atoms with Crippen LogP contribution in [-0.4, -0.2) is 11.7 Å². The van der Waals surface area contributed by atoms with Gasteiger partial charge in [0.25, 0.3) is 0 Å². The molecule has 1 unspecified atom stereocenters. The van der Waals surface area contributed by atoms with E-state index in [9.17, 15) is 5.11 Å². The maximum atomic E-state index is 9.21. The highest BCUT2D eigenvalue weighted by molar-refractivity contribution is 9.10. The van der Waals surface area contributed by atoms with Crippen molar-refractivity contribution in [1.82, 2.24) is 5.32 Å². The van der Waals surface area contributed by atoms with Gasteiger partial charge in [-0.2, -0.15) is 0 Å². The molecule has 112 valence electrons. The summed E-state index contributed by atoms with van der Waals surface area (Å²) in [6, 6.07) is 13.7. The second-order valence-electron chi connectivity index (χ2n) is 4.87. The standard InChI is InChI=1S/C17H20BrNO2/c1-3-19-12(2)16-10-14(18)7-8-17(16)21-15-6-4-5-13(9-15)11-20/h4-10,12,19-20H,3,11H2,1-2H3. The van der Waals surface area contributed by atoms with Gasteiger partial charge in [-0.3, -0.25) is 0 Å². The van der Waals surface area contributed by atoms with E-state index < -0.39 is 0 Å². The molecule has 0 amide bonds. The molecule has 1 atom stereocenters. The van der Waals surface area contributed by atoms with Gasteiger partial charge in [-0.25, -0.2) is 0 Å². The molecule has 0 heterocycles. The Hall–Kier alpha value is -1.36. The van der Waals surface area contributed by atoms with E-state index in [1.807, 2.05) is 36.4 Å². The highest BCUT2D eigenvalue weighted by Crippen LogP contribution is 2.32. The smallest absolute Gasteiger partial charge is 0.132 e. The van der Waals surface area contributed by atoms with Crippen molar-refractivity contribution in [2.24, 2.45) is 0 Å². The van der Waals surface area contributed by atoms with Crippen LogP contribution in [0, 0.1) is 0 Å². The van der Waals surface area contributed by atoms with Crippen molar-refractivity contribution < 1.29 is 9.84 Å². The third kappa shape index (κ3) is 4.30. The summed E-state index contributed by atoms with van der Waals surface area (Å²) in [5.41, 5.74) is 1.94. The second kappa shape index (κ2) is 7.59. The Morgan fingerprint density at radius 2 is 2.05 bits per heavy atom. The number of rotatable bonds is 6. The second-order valence-corrected chi connectivity index (χ2v) is 5.78. The lowest BCUT2D eigenvalue weighted by Crippen LogP contribution is -2.18. The van der Waals surface area contributed by atoms with Crippen LogP contribution in [0.25, 0.3) is 0 Å². The Labute approximate surface area is 134 Å². The molecule has 2 aromatic carbocycles. The molecule has 3 nitrogen and oxygen atoms in total. The fourth-order valence-corrected chi connectivity index (χ4v) is 2.58. The van der Waals surface area contributed by atoms with E-state index in [1.165, 1.54) is 0 Å². The summed E-state index contributed by atoms with van der Waals surface area (Å²) >= 11 is 3.51. The predicted octanol–water partition coefficient (Wildman–Crippen LogP) is 4.40. The molecule has 0 aliphatic heterocycles. The number of aliphatic hydroxyl groups is 1. The monoisotopic (exact) mass is 349 g/mol. The Morgan fingerprint density at radius 3 is 2.76 bits per heavy atom. The number of aliphatic hydroxyl groups excluding tert-OH is 1. The van der Waals surface area contributed by atoms with Gasteiger partial charge in [0, 0.05) is 16.1 Å². The van der Waals surface area contributed by atoms with Crippen LogP contribution in [0.5, 0.6) is 11.5 Å². The normalized spacial score (nSPS) is 12.2. The SMILES string of the molecule is CCNC(C)c1cc(Br)ccc1Oc1cccc(CO)c1.